The Bertz CT molecular complexity index is 1250. The predicted octanol–water partition coefficient (Wildman–Crippen LogP) is 4.46. The van der Waals surface area contributed by atoms with Gasteiger partial charge in [0, 0.05) is 32.5 Å². The molecule has 0 aliphatic carbocycles. The van der Waals surface area contributed by atoms with Crippen molar-refractivity contribution in [2.45, 2.75) is 62.3 Å². The van der Waals surface area contributed by atoms with Gasteiger partial charge in [0.2, 0.25) is 15.7 Å². The van der Waals surface area contributed by atoms with Crippen LogP contribution in [0.2, 0.25) is 25.7 Å². The minimum atomic E-state index is -3.85. The van der Waals surface area contributed by atoms with Crippen LogP contribution in [0.1, 0.15) is 24.2 Å². The summed E-state index contributed by atoms with van der Waals surface area (Å²) in [6.45, 7) is 11.5. The van der Waals surface area contributed by atoms with Crippen LogP contribution in [-0.4, -0.2) is 49.9 Å². The zero-order valence-corrected chi connectivity index (χ0v) is 22.5. The minimum Gasteiger partial charge on any atom is -0.475 e. The van der Waals surface area contributed by atoms with Gasteiger partial charge in [-0.25, -0.2) is 18.1 Å². The molecule has 0 bridgehead atoms. The lowest BCUT2D eigenvalue weighted by Crippen LogP contribution is -2.22. The van der Waals surface area contributed by atoms with Crippen molar-refractivity contribution in [3.8, 4) is 5.88 Å². The molecule has 1 amide bonds. The number of benzene rings is 1. The third-order valence-electron chi connectivity index (χ3n) is 4.87. The monoisotopic (exact) mass is 516 g/mol. The zero-order valence-electron chi connectivity index (χ0n) is 20.7. The van der Waals surface area contributed by atoms with Gasteiger partial charge in [0.15, 0.2) is 10.8 Å². The van der Waals surface area contributed by atoms with E-state index in [4.69, 9.17) is 9.47 Å². The number of rotatable bonds is 11. The molecule has 3 rings (SSSR count). The maximum atomic E-state index is 12.9. The van der Waals surface area contributed by atoms with Gasteiger partial charge in [-0.1, -0.05) is 31.8 Å². The zero-order chi connectivity index (χ0) is 25.6. The number of hydrogen-bond donors (Lipinski definition) is 1. The van der Waals surface area contributed by atoms with Crippen molar-refractivity contribution in [3.05, 3.63) is 60.3 Å². The number of aromatic nitrogens is 3. The first-order valence-electron chi connectivity index (χ1n) is 11.4. The summed E-state index contributed by atoms with van der Waals surface area (Å²) in [7, 11) is -5.07. The lowest BCUT2D eigenvalue weighted by atomic mass is 10.2. The molecule has 1 N–H and O–H groups in total. The van der Waals surface area contributed by atoms with Crippen molar-refractivity contribution < 1.29 is 22.7 Å². The van der Waals surface area contributed by atoms with Crippen LogP contribution in [0.3, 0.4) is 0 Å². The van der Waals surface area contributed by atoms with E-state index in [0.717, 1.165) is 6.04 Å². The molecule has 9 nitrogen and oxygen atoms in total. The highest BCUT2D eigenvalue weighted by molar-refractivity contribution is 7.91. The Hall–Kier alpha value is -3.02. The summed E-state index contributed by atoms with van der Waals surface area (Å²) >= 11 is 0. The van der Waals surface area contributed by atoms with Crippen LogP contribution < -0.4 is 10.1 Å². The fourth-order valence-electron chi connectivity index (χ4n) is 3.04. The Balaban J connectivity index is 1.76. The van der Waals surface area contributed by atoms with E-state index in [-0.39, 0.29) is 34.1 Å². The molecule has 35 heavy (non-hydrogen) atoms. The first-order chi connectivity index (χ1) is 16.5. The van der Waals surface area contributed by atoms with E-state index in [0.29, 0.717) is 12.5 Å². The molecule has 0 saturated carbocycles. The first-order valence-corrected chi connectivity index (χ1v) is 16.5. The summed E-state index contributed by atoms with van der Waals surface area (Å²) in [6, 6.07) is 13.1. The third-order valence-corrected chi connectivity index (χ3v) is 8.24. The molecule has 0 fully saturated rings. The van der Waals surface area contributed by atoms with Crippen LogP contribution in [0, 0.1) is 0 Å². The summed E-state index contributed by atoms with van der Waals surface area (Å²) in [6.07, 6.45) is 1.32. The Labute approximate surface area is 207 Å². The molecule has 0 saturated heterocycles. The Kier molecular flexibility index (Phi) is 8.46. The van der Waals surface area contributed by atoms with Gasteiger partial charge < -0.3 is 14.8 Å². The van der Waals surface area contributed by atoms with Crippen molar-refractivity contribution >= 4 is 29.6 Å². The van der Waals surface area contributed by atoms with Crippen molar-refractivity contribution in [1.29, 1.82) is 0 Å². The van der Waals surface area contributed by atoms with Crippen LogP contribution in [0.15, 0.2) is 64.6 Å². The maximum absolute atomic E-state index is 12.9. The van der Waals surface area contributed by atoms with E-state index < -0.39 is 23.8 Å². The largest absolute Gasteiger partial charge is 0.475 e. The number of carbonyl (C=O) groups is 1. The van der Waals surface area contributed by atoms with Crippen LogP contribution in [-0.2, 0) is 21.3 Å². The smallest absolute Gasteiger partial charge is 0.256 e. The number of nitrogens with one attached hydrogen (secondary N) is 1. The highest BCUT2D eigenvalue weighted by Crippen LogP contribution is 2.22. The molecule has 0 unspecified atom stereocenters. The van der Waals surface area contributed by atoms with Gasteiger partial charge in [-0.05, 0) is 50.2 Å². The second-order valence-corrected chi connectivity index (χ2v) is 17.1. The highest BCUT2D eigenvalue weighted by atomic mass is 32.2. The fraction of sp³-hybridized carbons (Fsp3) is 0.375. The molecule has 2 heterocycles. The fourth-order valence-corrected chi connectivity index (χ4v) is 5.03. The molecule has 0 atom stereocenters. The number of sulfone groups is 1. The van der Waals surface area contributed by atoms with Gasteiger partial charge in [-0.2, -0.15) is 0 Å². The minimum absolute atomic E-state index is 0.0194. The average molecular weight is 517 g/mol. The van der Waals surface area contributed by atoms with Crippen LogP contribution >= 0.6 is 0 Å². The molecular weight excluding hydrogens is 484 g/mol. The van der Waals surface area contributed by atoms with Crippen molar-refractivity contribution in [2.24, 2.45) is 0 Å². The molecule has 0 spiro atoms. The predicted molar refractivity (Wildman–Crippen MR) is 136 cm³/mol. The van der Waals surface area contributed by atoms with Gasteiger partial charge in [-0.15, -0.1) is 5.10 Å². The van der Waals surface area contributed by atoms with Gasteiger partial charge in [0.05, 0.1) is 11.0 Å². The summed E-state index contributed by atoms with van der Waals surface area (Å²) in [5.41, 5.74) is 0.175. The number of pyridine rings is 1. The maximum Gasteiger partial charge on any atom is 0.256 e. The van der Waals surface area contributed by atoms with E-state index in [2.05, 4.69) is 35.0 Å². The summed E-state index contributed by atoms with van der Waals surface area (Å²) in [5, 5.41) is 7.03. The van der Waals surface area contributed by atoms with Crippen LogP contribution in [0.5, 0.6) is 5.88 Å². The second-order valence-electron chi connectivity index (χ2n) is 9.54. The number of nitrogens with zero attached hydrogens (tertiary/aromatic N) is 3. The third kappa shape index (κ3) is 7.48. The van der Waals surface area contributed by atoms with Crippen molar-refractivity contribution in [1.82, 2.24) is 14.8 Å². The van der Waals surface area contributed by atoms with Crippen molar-refractivity contribution in [2.75, 3.05) is 11.9 Å². The number of hydrogen-bond acceptors (Lipinski definition) is 7. The van der Waals surface area contributed by atoms with Gasteiger partial charge in [0.1, 0.15) is 6.73 Å². The first kappa shape index (κ1) is 26.6. The van der Waals surface area contributed by atoms with E-state index in [1.54, 1.807) is 22.9 Å². The Morgan fingerprint density at radius 3 is 2.54 bits per heavy atom. The molecule has 2 aromatic heterocycles. The second kappa shape index (κ2) is 11.1. The normalized spacial score (nSPS) is 12.1. The van der Waals surface area contributed by atoms with Crippen LogP contribution in [0.25, 0.3) is 0 Å². The summed E-state index contributed by atoms with van der Waals surface area (Å²) < 4.78 is 38.9. The summed E-state index contributed by atoms with van der Waals surface area (Å²) in [4.78, 5) is 16.8. The molecule has 3 aromatic rings. The van der Waals surface area contributed by atoms with E-state index >= 15 is 0 Å². The topological polar surface area (TPSA) is 112 Å². The Morgan fingerprint density at radius 2 is 1.89 bits per heavy atom. The molecule has 0 aliphatic rings. The van der Waals surface area contributed by atoms with E-state index in [1.807, 2.05) is 13.8 Å². The van der Waals surface area contributed by atoms with E-state index in [9.17, 15) is 13.2 Å². The van der Waals surface area contributed by atoms with E-state index in [1.165, 1.54) is 36.5 Å². The summed E-state index contributed by atoms with van der Waals surface area (Å²) in [5.74, 6) is 0.246. The van der Waals surface area contributed by atoms with Gasteiger partial charge >= 0.3 is 0 Å². The highest BCUT2D eigenvalue weighted by Gasteiger charge is 2.21. The number of amides is 1. The van der Waals surface area contributed by atoms with Crippen molar-refractivity contribution in [3.63, 3.8) is 0 Å². The molecule has 188 valence electrons. The Morgan fingerprint density at radius 1 is 1.11 bits per heavy atom. The average Bonchev–Trinajstić information content (AvgIpc) is 3.16. The molecule has 11 heteroatoms. The lowest BCUT2D eigenvalue weighted by Gasteiger charge is -2.16. The standard InChI is InChI=1S/C24H32N4O5SSi/c1-18(2)33-23-16-21(27-28(23)17-32-13-14-35(3,4)5)26-24(29)19-9-8-10-20(15-19)34(30,31)22-11-6-7-12-25-22/h6-12,15-16,18H,13-14,17H2,1-5H3,(H,26,27,29). The van der Waals surface area contributed by atoms with Gasteiger partial charge in [-0.3, -0.25) is 4.79 Å². The molecule has 0 radical (unpaired) electrons. The molecule has 1 aromatic carbocycles. The quantitative estimate of drug-likeness (QED) is 0.296. The van der Waals surface area contributed by atoms with Gasteiger partial charge in [0.25, 0.3) is 5.91 Å². The SMILES string of the molecule is CC(C)Oc1cc(NC(=O)c2cccc(S(=O)(=O)c3ccccn3)c2)nn1COCC[Si](C)(C)C. The molecular formula is C24H32N4O5SSi. The number of carbonyl (C=O) groups excluding carboxylic acids is 1. The molecule has 0 aliphatic heterocycles. The number of ether oxygens (including phenoxy) is 2. The van der Waals surface area contributed by atoms with Crippen LogP contribution in [0.4, 0.5) is 5.82 Å². The lowest BCUT2D eigenvalue weighted by molar-refractivity contribution is 0.0672. The number of anilines is 1.